The predicted molar refractivity (Wildman–Crippen MR) is 88.4 cm³/mol. The first-order chi connectivity index (χ1) is 11.6. The molecule has 2 aromatic rings. The van der Waals surface area contributed by atoms with E-state index in [1.165, 1.54) is 0 Å². The maximum Gasteiger partial charge on any atom is 0.229 e. The summed E-state index contributed by atoms with van der Waals surface area (Å²) in [5.41, 5.74) is 1.54. The second-order valence-corrected chi connectivity index (χ2v) is 6.10. The second-order valence-electron chi connectivity index (χ2n) is 6.10. The van der Waals surface area contributed by atoms with Crippen molar-refractivity contribution in [2.45, 2.75) is 32.4 Å². The first-order valence-electron chi connectivity index (χ1n) is 8.12. The van der Waals surface area contributed by atoms with Crippen LogP contribution in [-0.2, 0) is 16.0 Å². The van der Waals surface area contributed by atoms with E-state index in [9.17, 15) is 9.90 Å². The van der Waals surface area contributed by atoms with Crippen molar-refractivity contribution in [2.75, 3.05) is 19.8 Å². The van der Waals surface area contributed by atoms with E-state index in [4.69, 9.17) is 9.15 Å². The molecule has 2 unspecified atom stereocenters. The zero-order chi connectivity index (χ0) is 17.1. The number of hydrogen-bond acceptors (Lipinski definition) is 5. The number of aryl methyl sites for hydroxylation is 1. The van der Waals surface area contributed by atoms with E-state index in [1.54, 1.807) is 4.90 Å². The highest BCUT2D eigenvalue weighted by Gasteiger charge is 2.30. The molecule has 128 valence electrons. The van der Waals surface area contributed by atoms with Crippen LogP contribution < -0.4 is 0 Å². The van der Waals surface area contributed by atoms with Gasteiger partial charge in [-0.05, 0) is 26.0 Å². The summed E-state index contributed by atoms with van der Waals surface area (Å²) in [5, 5.41) is 9.25. The van der Waals surface area contributed by atoms with Crippen LogP contribution >= 0.6 is 0 Å². The minimum absolute atomic E-state index is 0.0129. The molecule has 1 amide bonds. The number of amides is 1. The fourth-order valence-electron chi connectivity index (χ4n) is 2.82. The second kappa shape index (κ2) is 7.15. The molecule has 0 saturated carbocycles. The smallest absolute Gasteiger partial charge is 0.229 e. The van der Waals surface area contributed by atoms with Gasteiger partial charge in [0.05, 0.1) is 37.5 Å². The molecule has 1 fully saturated rings. The number of aliphatic hydroxyl groups excluding tert-OH is 1. The molecular weight excluding hydrogens is 308 g/mol. The Kier molecular flexibility index (Phi) is 4.97. The lowest BCUT2D eigenvalue weighted by molar-refractivity contribution is -0.145. The van der Waals surface area contributed by atoms with E-state index in [-0.39, 0.29) is 31.1 Å². The molecule has 6 nitrogen and oxygen atoms in total. The van der Waals surface area contributed by atoms with Gasteiger partial charge < -0.3 is 19.2 Å². The molecule has 1 aliphatic rings. The number of aromatic nitrogens is 1. The summed E-state index contributed by atoms with van der Waals surface area (Å²) in [6.07, 6.45) is -0.131. The van der Waals surface area contributed by atoms with E-state index in [0.29, 0.717) is 30.5 Å². The maximum absolute atomic E-state index is 12.6. The van der Waals surface area contributed by atoms with Crippen LogP contribution in [0.5, 0.6) is 0 Å². The van der Waals surface area contributed by atoms with Gasteiger partial charge in [-0.3, -0.25) is 4.79 Å². The standard InChI is InChI=1S/C18H22N2O4/c1-12-11-23-15(10-21)9-20(12)17(22)8-16-13(2)24-18(19-16)14-6-4-3-5-7-14/h3-7,12,15,21H,8-11H2,1-2H3. The van der Waals surface area contributed by atoms with Gasteiger partial charge in [-0.25, -0.2) is 4.98 Å². The molecule has 6 heteroatoms. The van der Waals surface area contributed by atoms with Gasteiger partial charge in [0.25, 0.3) is 0 Å². The zero-order valence-electron chi connectivity index (χ0n) is 13.9. The molecule has 1 aliphatic heterocycles. The van der Waals surface area contributed by atoms with Crippen LogP contribution in [0.25, 0.3) is 11.5 Å². The third-order valence-corrected chi connectivity index (χ3v) is 4.26. The molecule has 2 heterocycles. The summed E-state index contributed by atoms with van der Waals surface area (Å²) < 4.78 is 11.2. The fourth-order valence-corrected chi connectivity index (χ4v) is 2.82. The van der Waals surface area contributed by atoms with Crippen LogP contribution in [0, 0.1) is 6.92 Å². The topological polar surface area (TPSA) is 75.8 Å². The monoisotopic (exact) mass is 330 g/mol. The van der Waals surface area contributed by atoms with Crippen LogP contribution in [-0.4, -0.2) is 52.8 Å². The fraction of sp³-hybridized carbons (Fsp3) is 0.444. The molecule has 0 aliphatic carbocycles. The molecule has 1 aromatic heterocycles. The largest absolute Gasteiger partial charge is 0.441 e. The average molecular weight is 330 g/mol. The van der Waals surface area contributed by atoms with Gasteiger partial charge in [0.15, 0.2) is 0 Å². The van der Waals surface area contributed by atoms with E-state index >= 15 is 0 Å². The lowest BCUT2D eigenvalue weighted by atomic mass is 10.1. The third-order valence-electron chi connectivity index (χ3n) is 4.26. The first kappa shape index (κ1) is 16.7. The summed E-state index contributed by atoms with van der Waals surface area (Å²) in [5.74, 6) is 1.15. The van der Waals surface area contributed by atoms with E-state index in [0.717, 1.165) is 5.56 Å². The van der Waals surface area contributed by atoms with Crippen molar-refractivity contribution in [3.05, 3.63) is 41.8 Å². The van der Waals surface area contributed by atoms with Crippen molar-refractivity contribution < 1.29 is 19.1 Å². The summed E-state index contributed by atoms with van der Waals surface area (Å²) in [4.78, 5) is 18.9. The summed E-state index contributed by atoms with van der Waals surface area (Å²) in [7, 11) is 0. The summed E-state index contributed by atoms with van der Waals surface area (Å²) in [6.45, 7) is 4.51. The SMILES string of the molecule is Cc1oc(-c2ccccc2)nc1CC(=O)N1CC(CO)OCC1C. The molecule has 1 aromatic carbocycles. The van der Waals surface area contributed by atoms with Crippen LogP contribution in [0.3, 0.4) is 0 Å². The highest BCUT2D eigenvalue weighted by molar-refractivity contribution is 5.79. The molecule has 3 rings (SSSR count). The van der Waals surface area contributed by atoms with Crippen molar-refractivity contribution in [2.24, 2.45) is 0 Å². The molecule has 0 spiro atoms. The number of carbonyl (C=O) groups excluding carboxylic acids is 1. The van der Waals surface area contributed by atoms with Crippen LogP contribution in [0.15, 0.2) is 34.7 Å². The number of carbonyl (C=O) groups is 1. The molecule has 0 bridgehead atoms. The van der Waals surface area contributed by atoms with Gasteiger partial charge >= 0.3 is 0 Å². The first-order valence-corrected chi connectivity index (χ1v) is 8.12. The lowest BCUT2D eigenvalue weighted by Crippen LogP contribution is -2.52. The quantitative estimate of drug-likeness (QED) is 0.925. The number of nitrogens with zero attached hydrogens (tertiary/aromatic N) is 2. The molecular formula is C18H22N2O4. The van der Waals surface area contributed by atoms with E-state index in [1.807, 2.05) is 44.2 Å². The van der Waals surface area contributed by atoms with Crippen LogP contribution in [0.4, 0.5) is 0 Å². The summed E-state index contributed by atoms with van der Waals surface area (Å²) >= 11 is 0. The normalized spacial score (nSPS) is 21.0. The third kappa shape index (κ3) is 3.49. The average Bonchev–Trinajstić information content (AvgIpc) is 2.97. The molecule has 1 N–H and O–H groups in total. The van der Waals surface area contributed by atoms with Gasteiger partial charge in [-0.1, -0.05) is 18.2 Å². The number of aliphatic hydroxyl groups is 1. The van der Waals surface area contributed by atoms with E-state index < -0.39 is 0 Å². The summed E-state index contributed by atoms with van der Waals surface area (Å²) in [6, 6.07) is 9.61. The molecule has 24 heavy (non-hydrogen) atoms. The van der Waals surface area contributed by atoms with Gasteiger partial charge in [-0.15, -0.1) is 0 Å². The number of ether oxygens (including phenoxy) is 1. The number of benzene rings is 1. The minimum atomic E-state index is -0.316. The predicted octanol–water partition coefficient (Wildman–Crippen LogP) is 1.80. The van der Waals surface area contributed by atoms with Crippen molar-refractivity contribution in [1.82, 2.24) is 9.88 Å². The molecule has 1 saturated heterocycles. The van der Waals surface area contributed by atoms with Crippen LogP contribution in [0.1, 0.15) is 18.4 Å². The highest BCUT2D eigenvalue weighted by Crippen LogP contribution is 2.22. The maximum atomic E-state index is 12.6. The van der Waals surface area contributed by atoms with Crippen molar-refractivity contribution in [1.29, 1.82) is 0 Å². The lowest BCUT2D eigenvalue weighted by Gasteiger charge is -2.37. The Bertz CT molecular complexity index is 698. The highest BCUT2D eigenvalue weighted by atomic mass is 16.5. The Morgan fingerprint density at radius 1 is 1.38 bits per heavy atom. The Morgan fingerprint density at radius 3 is 2.83 bits per heavy atom. The number of morpholine rings is 1. The van der Waals surface area contributed by atoms with Crippen molar-refractivity contribution >= 4 is 5.91 Å². The molecule has 0 radical (unpaired) electrons. The van der Waals surface area contributed by atoms with Gasteiger partial charge in [0, 0.05) is 12.1 Å². The molecule has 2 atom stereocenters. The van der Waals surface area contributed by atoms with Gasteiger partial charge in [0.1, 0.15) is 5.76 Å². The van der Waals surface area contributed by atoms with Crippen molar-refractivity contribution in [3.63, 3.8) is 0 Å². The van der Waals surface area contributed by atoms with E-state index in [2.05, 4.69) is 4.98 Å². The minimum Gasteiger partial charge on any atom is -0.441 e. The Balaban J connectivity index is 1.74. The number of hydrogen-bond donors (Lipinski definition) is 1. The Labute approximate surface area is 141 Å². The van der Waals surface area contributed by atoms with Gasteiger partial charge in [0.2, 0.25) is 11.8 Å². The number of oxazole rings is 1. The van der Waals surface area contributed by atoms with Crippen molar-refractivity contribution in [3.8, 4) is 11.5 Å². The number of rotatable bonds is 4. The Hall–Kier alpha value is -2.18. The Morgan fingerprint density at radius 2 is 2.12 bits per heavy atom. The van der Waals surface area contributed by atoms with Crippen LogP contribution in [0.2, 0.25) is 0 Å². The van der Waals surface area contributed by atoms with Gasteiger partial charge in [-0.2, -0.15) is 0 Å². The zero-order valence-corrected chi connectivity index (χ0v) is 13.9.